The zero-order valence-corrected chi connectivity index (χ0v) is 17.4. The van der Waals surface area contributed by atoms with Gasteiger partial charge in [0.25, 0.3) is 0 Å². The molecule has 1 aromatic heterocycles. The molecule has 4 aromatic rings. The van der Waals surface area contributed by atoms with Crippen molar-refractivity contribution in [3.05, 3.63) is 103 Å². The maximum absolute atomic E-state index is 13.3. The minimum absolute atomic E-state index is 0.0381. The number of hydrogen-bond donors (Lipinski definition) is 2. The first-order valence-electron chi connectivity index (χ1n) is 9.79. The highest BCUT2D eigenvalue weighted by Gasteiger charge is 2.27. The molecule has 0 unspecified atom stereocenters. The molecular weight excluding hydrogens is 410 g/mol. The molecule has 6 nitrogen and oxygen atoms in total. The van der Waals surface area contributed by atoms with E-state index in [1.807, 2.05) is 36.4 Å². The average molecular weight is 432 g/mol. The lowest BCUT2D eigenvalue weighted by Crippen LogP contribution is -2.45. The maximum atomic E-state index is 13.3. The fraction of sp³-hybridized carbons (Fsp3) is 0.0833. The Balaban J connectivity index is 1.66. The summed E-state index contributed by atoms with van der Waals surface area (Å²) in [5.41, 5.74) is 1.80. The number of hydrogen-bond acceptors (Lipinski definition) is 4. The predicted molar refractivity (Wildman–Crippen MR) is 121 cm³/mol. The van der Waals surface area contributed by atoms with E-state index < -0.39 is 22.0 Å². The topological polar surface area (TPSA) is 88.2 Å². The Hall–Kier alpha value is -3.55. The Morgan fingerprint density at radius 2 is 1.52 bits per heavy atom. The molecule has 0 aliphatic carbocycles. The molecule has 7 heteroatoms. The largest absolute Gasteiger partial charge is 0.325 e. The van der Waals surface area contributed by atoms with Crippen molar-refractivity contribution in [1.82, 2.24) is 9.71 Å². The Morgan fingerprint density at radius 1 is 0.839 bits per heavy atom. The Kier molecular flexibility index (Phi) is 6.06. The molecule has 0 spiro atoms. The van der Waals surface area contributed by atoms with E-state index in [-0.39, 0.29) is 11.3 Å². The molecule has 156 valence electrons. The highest BCUT2D eigenvalue weighted by Crippen LogP contribution is 2.21. The van der Waals surface area contributed by atoms with E-state index in [2.05, 4.69) is 15.0 Å². The standard InChI is InChI=1S/C24H21N3O3S/c28-24(26-20-13-5-2-6-14-20)21(17-18-9-3-1-4-10-18)27-31(29,30)22-15-7-11-19-12-8-16-25-23(19)22/h1-16,21,27H,17H2,(H,26,28)/t21-/m1/s1. The van der Waals surface area contributed by atoms with Crippen molar-refractivity contribution in [2.24, 2.45) is 0 Å². The zero-order valence-electron chi connectivity index (χ0n) is 16.6. The number of nitrogens with zero attached hydrogens (tertiary/aromatic N) is 1. The molecule has 0 saturated carbocycles. The number of benzene rings is 3. The molecule has 0 aliphatic rings. The van der Waals surface area contributed by atoms with Gasteiger partial charge in [-0.25, -0.2) is 8.42 Å². The third-order valence-electron chi connectivity index (χ3n) is 4.82. The van der Waals surface area contributed by atoms with Crippen LogP contribution in [0.15, 0.2) is 102 Å². The van der Waals surface area contributed by atoms with Crippen molar-refractivity contribution in [3.63, 3.8) is 0 Å². The first kappa shape index (κ1) is 20.7. The molecule has 1 heterocycles. The number of amides is 1. The molecule has 0 radical (unpaired) electrons. The molecule has 4 rings (SSSR count). The number of carbonyl (C=O) groups is 1. The van der Waals surface area contributed by atoms with Crippen molar-refractivity contribution in [2.45, 2.75) is 17.4 Å². The molecule has 1 atom stereocenters. The van der Waals surface area contributed by atoms with E-state index in [0.717, 1.165) is 5.56 Å². The molecule has 0 fully saturated rings. The first-order chi connectivity index (χ1) is 15.0. The van der Waals surface area contributed by atoms with Crippen molar-refractivity contribution in [1.29, 1.82) is 0 Å². The van der Waals surface area contributed by atoms with Gasteiger partial charge in [0.15, 0.2) is 0 Å². The number of anilines is 1. The number of nitrogens with one attached hydrogen (secondary N) is 2. The van der Waals surface area contributed by atoms with Crippen LogP contribution in [-0.4, -0.2) is 25.4 Å². The summed E-state index contributed by atoms with van der Waals surface area (Å²) in [7, 11) is -4.02. The second-order valence-electron chi connectivity index (χ2n) is 7.05. The van der Waals surface area contributed by atoms with Gasteiger partial charge >= 0.3 is 0 Å². The summed E-state index contributed by atoms with van der Waals surface area (Å²) in [6, 6.07) is 25.7. The van der Waals surface area contributed by atoms with E-state index >= 15 is 0 Å². The van der Waals surface area contributed by atoms with Crippen LogP contribution in [0.3, 0.4) is 0 Å². The van der Waals surface area contributed by atoms with Gasteiger partial charge in [-0.1, -0.05) is 66.7 Å². The van der Waals surface area contributed by atoms with Crippen LogP contribution in [0.1, 0.15) is 5.56 Å². The van der Waals surface area contributed by atoms with E-state index in [4.69, 9.17) is 0 Å². The molecule has 1 amide bonds. The van der Waals surface area contributed by atoms with E-state index in [1.165, 1.54) is 6.07 Å². The highest BCUT2D eigenvalue weighted by molar-refractivity contribution is 7.89. The third-order valence-corrected chi connectivity index (χ3v) is 6.33. The van der Waals surface area contributed by atoms with Crippen LogP contribution in [0.5, 0.6) is 0 Å². The number of rotatable bonds is 7. The number of carbonyl (C=O) groups excluding carboxylic acids is 1. The molecule has 2 N–H and O–H groups in total. The molecule has 0 bridgehead atoms. The number of para-hydroxylation sites is 2. The predicted octanol–water partition coefficient (Wildman–Crippen LogP) is 3.76. The van der Waals surface area contributed by atoms with E-state index in [0.29, 0.717) is 16.6 Å². The van der Waals surface area contributed by atoms with Gasteiger partial charge in [-0.2, -0.15) is 4.72 Å². The van der Waals surface area contributed by atoms with Gasteiger partial charge in [0.05, 0.1) is 5.52 Å². The second kappa shape index (κ2) is 9.07. The van der Waals surface area contributed by atoms with Crippen LogP contribution in [0.2, 0.25) is 0 Å². The van der Waals surface area contributed by atoms with Gasteiger partial charge in [-0.15, -0.1) is 0 Å². The van der Waals surface area contributed by atoms with Gasteiger partial charge < -0.3 is 5.32 Å². The second-order valence-corrected chi connectivity index (χ2v) is 8.73. The summed E-state index contributed by atoms with van der Waals surface area (Å²) in [5.74, 6) is -0.438. The van der Waals surface area contributed by atoms with Crippen molar-refractivity contribution in [3.8, 4) is 0 Å². The minimum Gasteiger partial charge on any atom is -0.325 e. The van der Waals surface area contributed by atoms with E-state index in [9.17, 15) is 13.2 Å². The van der Waals surface area contributed by atoms with Crippen LogP contribution in [0, 0.1) is 0 Å². The Morgan fingerprint density at radius 3 is 2.26 bits per heavy atom. The van der Waals surface area contributed by atoms with Crippen molar-refractivity contribution in [2.75, 3.05) is 5.32 Å². The lowest BCUT2D eigenvalue weighted by atomic mass is 10.1. The molecule has 0 aliphatic heterocycles. The fourth-order valence-electron chi connectivity index (χ4n) is 3.33. The number of sulfonamides is 1. The SMILES string of the molecule is O=C(Nc1ccccc1)[C@@H](Cc1ccccc1)NS(=O)(=O)c1cccc2cccnc12. The summed E-state index contributed by atoms with van der Waals surface area (Å²) >= 11 is 0. The van der Waals surface area contributed by atoms with Gasteiger partial charge in [0.1, 0.15) is 10.9 Å². The number of aromatic nitrogens is 1. The van der Waals surface area contributed by atoms with Crippen LogP contribution in [-0.2, 0) is 21.2 Å². The van der Waals surface area contributed by atoms with Crippen molar-refractivity contribution >= 4 is 32.5 Å². The van der Waals surface area contributed by atoms with Crippen LogP contribution < -0.4 is 10.0 Å². The van der Waals surface area contributed by atoms with Crippen LogP contribution in [0.25, 0.3) is 10.9 Å². The molecule has 0 saturated heterocycles. The fourth-order valence-corrected chi connectivity index (χ4v) is 4.71. The maximum Gasteiger partial charge on any atom is 0.243 e. The summed E-state index contributed by atoms with van der Waals surface area (Å²) in [5, 5.41) is 3.50. The quantitative estimate of drug-likeness (QED) is 0.466. The van der Waals surface area contributed by atoms with Crippen LogP contribution >= 0.6 is 0 Å². The summed E-state index contributed by atoms with van der Waals surface area (Å²) in [4.78, 5) is 17.3. The summed E-state index contributed by atoms with van der Waals surface area (Å²) in [6.07, 6.45) is 1.75. The lowest BCUT2D eigenvalue weighted by Gasteiger charge is -2.19. The Labute approximate surface area is 181 Å². The third kappa shape index (κ3) is 4.96. The van der Waals surface area contributed by atoms with Crippen LogP contribution in [0.4, 0.5) is 5.69 Å². The minimum atomic E-state index is -4.02. The normalized spacial score (nSPS) is 12.4. The Bertz CT molecular complexity index is 1290. The number of fused-ring (bicyclic) bond motifs is 1. The summed E-state index contributed by atoms with van der Waals surface area (Å²) in [6.45, 7) is 0. The zero-order chi connectivity index (χ0) is 21.7. The lowest BCUT2D eigenvalue weighted by molar-refractivity contribution is -0.117. The van der Waals surface area contributed by atoms with Crippen molar-refractivity contribution < 1.29 is 13.2 Å². The van der Waals surface area contributed by atoms with Gasteiger partial charge in [-0.05, 0) is 36.2 Å². The average Bonchev–Trinajstić information content (AvgIpc) is 2.79. The van der Waals surface area contributed by atoms with E-state index in [1.54, 1.807) is 54.7 Å². The van der Waals surface area contributed by atoms with Gasteiger partial charge in [-0.3, -0.25) is 9.78 Å². The number of pyridine rings is 1. The molecule has 3 aromatic carbocycles. The smallest absolute Gasteiger partial charge is 0.243 e. The van der Waals surface area contributed by atoms with Gasteiger partial charge in [0.2, 0.25) is 15.9 Å². The molecule has 31 heavy (non-hydrogen) atoms. The summed E-state index contributed by atoms with van der Waals surface area (Å²) < 4.78 is 29.1. The van der Waals surface area contributed by atoms with Gasteiger partial charge in [0, 0.05) is 17.3 Å². The highest BCUT2D eigenvalue weighted by atomic mass is 32.2. The molecular formula is C24H21N3O3S. The monoisotopic (exact) mass is 431 g/mol. The first-order valence-corrected chi connectivity index (χ1v) is 11.3.